The molecule has 3 nitrogen and oxygen atoms in total. The zero-order valence-corrected chi connectivity index (χ0v) is 9.82. The highest BCUT2D eigenvalue weighted by atomic mass is 35.5. The van der Waals surface area contributed by atoms with Gasteiger partial charge in [-0.1, -0.05) is 35.9 Å². The van der Waals surface area contributed by atoms with Crippen molar-refractivity contribution in [3.63, 3.8) is 0 Å². The van der Waals surface area contributed by atoms with Crippen LogP contribution in [-0.2, 0) is 4.79 Å². The highest BCUT2D eigenvalue weighted by molar-refractivity contribution is 6.30. The quantitative estimate of drug-likeness (QED) is 0.711. The first-order valence-corrected chi connectivity index (χ1v) is 5.27. The Balaban J connectivity index is 2.72. The van der Waals surface area contributed by atoms with Gasteiger partial charge in [0, 0.05) is 19.4 Å². The van der Waals surface area contributed by atoms with Crippen LogP contribution in [0.15, 0.2) is 30.3 Å². The van der Waals surface area contributed by atoms with Crippen molar-refractivity contribution in [3.8, 4) is 0 Å². The number of aromatic nitrogens is 1. The van der Waals surface area contributed by atoms with Gasteiger partial charge in [-0.2, -0.15) is 0 Å². The van der Waals surface area contributed by atoms with Crippen molar-refractivity contribution in [1.82, 2.24) is 4.98 Å². The largest absolute Gasteiger partial charge is 0.300 e. The zero-order chi connectivity index (χ0) is 11.7. The van der Waals surface area contributed by atoms with E-state index in [0.717, 1.165) is 10.8 Å². The minimum atomic E-state index is -0.0695. The molecule has 2 aromatic rings. The van der Waals surface area contributed by atoms with Crippen LogP contribution in [0.3, 0.4) is 0 Å². The molecule has 0 aliphatic carbocycles. The van der Waals surface area contributed by atoms with Crippen molar-refractivity contribution in [1.29, 1.82) is 0 Å². The molecule has 0 saturated carbocycles. The van der Waals surface area contributed by atoms with E-state index in [9.17, 15) is 4.79 Å². The van der Waals surface area contributed by atoms with Crippen LogP contribution >= 0.6 is 11.6 Å². The fraction of sp³-hybridized carbons (Fsp3) is 0.167. The molecule has 0 atom stereocenters. The lowest BCUT2D eigenvalue weighted by Crippen LogP contribution is -2.24. The Kier molecular flexibility index (Phi) is 2.79. The van der Waals surface area contributed by atoms with E-state index >= 15 is 0 Å². The van der Waals surface area contributed by atoms with Crippen LogP contribution in [0.4, 0.5) is 5.82 Å². The Bertz CT molecular complexity index is 554. The number of hydrogen-bond donors (Lipinski definition) is 0. The summed E-state index contributed by atoms with van der Waals surface area (Å²) in [6, 6.07) is 9.49. The number of anilines is 1. The van der Waals surface area contributed by atoms with Gasteiger partial charge in [-0.15, -0.1) is 0 Å². The minimum absolute atomic E-state index is 0.0695. The average Bonchev–Trinajstić information content (AvgIpc) is 2.26. The van der Waals surface area contributed by atoms with E-state index in [1.165, 1.54) is 11.8 Å². The second-order valence-corrected chi connectivity index (χ2v) is 3.96. The summed E-state index contributed by atoms with van der Waals surface area (Å²) in [5.74, 6) is 0.524. The molecule has 0 aliphatic heterocycles. The Hall–Kier alpha value is -1.61. The minimum Gasteiger partial charge on any atom is -0.300 e. The third-order valence-corrected chi connectivity index (χ3v) is 2.67. The van der Waals surface area contributed by atoms with Crippen LogP contribution in [0.1, 0.15) is 6.92 Å². The summed E-state index contributed by atoms with van der Waals surface area (Å²) >= 11 is 5.92. The molecule has 0 fully saturated rings. The normalized spacial score (nSPS) is 10.4. The van der Waals surface area contributed by atoms with Crippen molar-refractivity contribution in [2.24, 2.45) is 0 Å². The number of pyridine rings is 1. The van der Waals surface area contributed by atoms with E-state index < -0.39 is 0 Å². The first-order valence-electron chi connectivity index (χ1n) is 4.89. The maximum Gasteiger partial charge on any atom is 0.224 e. The fourth-order valence-electron chi connectivity index (χ4n) is 1.55. The molecule has 0 spiro atoms. The number of benzene rings is 1. The van der Waals surface area contributed by atoms with Crippen molar-refractivity contribution >= 4 is 34.1 Å². The van der Waals surface area contributed by atoms with E-state index in [0.29, 0.717) is 11.0 Å². The Morgan fingerprint density at radius 1 is 1.38 bits per heavy atom. The van der Waals surface area contributed by atoms with E-state index in [4.69, 9.17) is 11.6 Å². The molecule has 0 N–H and O–H groups in total. The van der Waals surface area contributed by atoms with Gasteiger partial charge in [-0.3, -0.25) is 9.69 Å². The second kappa shape index (κ2) is 4.10. The smallest absolute Gasteiger partial charge is 0.224 e. The summed E-state index contributed by atoms with van der Waals surface area (Å²) in [4.78, 5) is 17.0. The van der Waals surface area contributed by atoms with Gasteiger partial charge in [-0.05, 0) is 11.5 Å². The number of nitrogens with zero attached hydrogens (tertiary/aromatic N) is 2. The summed E-state index contributed by atoms with van der Waals surface area (Å²) in [5.41, 5.74) is 0. The lowest BCUT2D eigenvalue weighted by molar-refractivity contribution is -0.116. The molecule has 4 heteroatoms. The molecule has 0 aliphatic rings. The monoisotopic (exact) mass is 234 g/mol. The zero-order valence-electron chi connectivity index (χ0n) is 9.07. The lowest BCUT2D eigenvalue weighted by Gasteiger charge is -2.16. The predicted molar refractivity (Wildman–Crippen MR) is 65.8 cm³/mol. The molecule has 16 heavy (non-hydrogen) atoms. The number of amides is 1. The van der Waals surface area contributed by atoms with Crippen LogP contribution in [-0.4, -0.2) is 17.9 Å². The third kappa shape index (κ3) is 1.86. The SMILES string of the molecule is CC(=O)N(C)c1nc(Cl)cc2ccccc12. The summed E-state index contributed by atoms with van der Waals surface area (Å²) < 4.78 is 0. The molecule has 1 aromatic heterocycles. The molecular formula is C12H11ClN2O. The molecule has 1 aromatic carbocycles. The van der Waals surface area contributed by atoms with Crippen molar-refractivity contribution < 1.29 is 4.79 Å². The standard InChI is InChI=1S/C12H11ClN2O/c1-8(16)15(2)12-10-6-4-3-5-9(10)7-11(13)14-12/h3-7H,1-2H3. The fourth-order valence-corrected chi connectivity index (χ4v) is 1.75. The highest BCUT2D eigenvalue weighted by Gasteiger charge is 2.12. The van der Waals surface area contributed by atoms with Gasteiger partial charge in [0.15, 0.2) is 0 Å². The van der Waals surface area contributed by atoms with Crippen LogP contribution in [0.2, 0.25) is 5.15 Å². The number of rotatable bonds is 1. The van der Waals surface area contributed by atoms with Crippen molar-refractivity contribution in [3.05, 3.63) is 35.5 Å². The van der Waals surface area contributed by atoms with Gasteiger partial charge < -0.3 is 0 Å². The molecule has 0 saturated heterocycles. The van der Waals surface area contributed by atoms with Gasteiger partial charge in [0.05, 0.1) is 0 Å². The topological polar surface area (TPSA) is 33.2 Å². The molecule has 2 rings (SSSR count). The Morgan fingerprint density at radius 2 is 2.06 bits per heavy atom. The number of carbonyl (C=O) groups excluding carboxylic acids is 1. The molecule has 1 heterocycles. The Morgan fingerprint density at radius 3 is 2.75 bits per heavy atom. The maximum atomic E-state index is 11.3. The van der Waals surface area contributed by atoms with E-state index in [2.05, 4.69) is 4.98 Å². The molecule has 0 radical (unpaired) electrons. The van der Waals surface area contributed by atoms with Crippen LogP contribution in [0.5, 0.6) is 0 Å². The number of fused-ring (bicyclic) bond motifs is 1. The van der Waals surface area contributed by atoms with Crippen molar-refractivity contribution in [2.75, 3.05) is 11.9 Å². The van der Waals surface area contributed by atoms with Gasteiger partial charge >= 0.3 is 0 Å². The summed E-state index contributed by atoms with van der Waals surface area (Å²) in [7, 11) is 1.69. The van der Waals surface area contributed by atoms with Crippen molar-refractivity contribution in [2.45, 2.75) is 6.92 Å². The van der Waals surface area contributed by atoms with Gasteiger partial charge in [-0.25, -0.2) is 4.98 Å². The van der Waals surface area contributed by atoms with Crippen LogP contribution in [0.25, 0.3) is 10.8 Å². The average molecular weight is 235 g/mol. The number of carbonyl (C=O) groups is 1. The lowest BCUT2D eigenvalue weighted by atomic mass is 10.1. The van der Waals surface area contributed by atoms with E-state index in [1.54, 1.807) is 13.1 Å². The van der Waals surface area contributed by atoms with Gasteiger partial charge in [0.2, 0.25) is 5.91 Å². The van der Waals surface area contributed by atoms with E-state index in [-0.39, 0.29) is 5.91 Å². The first-order chi connectivity index (χ1) is 7.59. The predicted octanol–water partition coefficient (Wildman–Crippen LogP) is 2.87. The number of halogens is 1. The summed E-state index contributed by atoms with van der Waals surface area (Å²) in [5, 5.41) is 2.29. The molecule has 1 amide bonds. The third-order valence-electron chi connectivity index (χ3n) is 2.48. The van der Waals surface area contributed by atoms with Crippen LogP contribution in [0, 0.1) is 0 Å². The number of hydrogen-bond acceptors (Lipinski definition) is 2. The molecule has 82 valence electrons. The second-order valence-electron chi connectivity index (χ2n) is 3.57. The van der Waals surface area contributed by atoms with E-state index in [1.807, 2.05) is 24.3 Å². The maximum absolute atomic E-state index is 11.3. The van der Waals surface area contributed by atoms with Crippen LogP contribution < -0.4 is 4.90 Å². The molecule has 0 bridgehead atoms. The first kappa shape index (κ1) is 10.9. The van der Waals surface area contributed by atoms with Gasteiger partial charge in [0.1, 0.15) is 11.0 Å². The summed E-state index contributed by atoms with van der Waals surface area (Å²) in [6.45, 7) is 1.50. The summed E-state index contributed by atoms with van der Waals surface area (Å²) in [6.07, 6.45) is 0. The highest BCUT2D eigenvalue weighted by Crippen LogP contribution is 2.26. The molecular weight excluding hydrogens is 224 g/mol. The molecule has 0 unspecified atom stereocenters. The van der Waals surface area contributed by atoms with Gasteiger partial charge in [0.25, 0.3) is 0 Å². The Labute approximate surface area is 98.7 Å².